The maximum absolute atomic E-state index is 13.1. The standard InChI is InChI=1S/C14H14ClFN2O3S/c15-13-4-3-12(22-13)11(20)7-18-14(21)17-6-8-1-2-10(19)9(16)5-8/h1-5,11,19-20H,6-7H2,(H2,17,18,21). The smallest absolute Gasteiger partial charge is 0.315 e. The molecule has 1 aromatic carbocycles. The van der Waals surface area contributed by atoms with Gasteiger partial charge >= 0.3 is 6.03 Å². The second-order valence-electron chi connectivity index (χ2n) is 4.51. The summed E-state index contributed by atoms with van der Waals surface area (Å²) >= 11 is 7.01. The summed E-state index contributed by atoms with van der Waals surface area (Å²) in [7, 11) is 0. The third-order valence-corrected chi connectivity index (χ3v) is 4.18. The van der Waals surface area contributed by atoms with Gasteiger partial charge in [-0.3, -0.25) is 0 Å². The van der Waals surface area contributed by atoms with E-state index in [2.05, 4.69) is 10.6 Å². The van der Waals surface area contributed by atoms with Crippen LogP contribution in [0.25, 0.3) is 0 Å². The van der Waals surface area contributed by atoms with Gasteiger partial charge in [0.2, 0.25) is 0 Å². The van der Waals surface area contributed by atoms with Crippen LogP contribution in [-0.4, -0.2) is 22.8 Å². The predicted molar refractivity (Wildman–Crippen MR) is 82.6 cm³/mol. The lowest BCUT2D eigenvalue weighted by Gasteiger charge is -2.11. The zero-order chi connectivity index (χ0) is 16.1. The second kappa shape index (κ2) is 7.44. The minimum atomic E-state index is -0.839. The fourth-order valence-electron chi connectivity index (χ4n) is 1.70. The normalized spacial score (nSPS) is 12.0. The number of amides is 2. The molecule has 0 fully saturated rings. The Balaban J connectivity index is 1.77. The molecule has 0 spiro atoms. The van der Waals surface area contributed by atoms with Crippen LogP contribution in [0.4, 0.5) is 9.18 Å². The molecule has 1 unspecified atom stereocenters. The molecular formula is C14H14ClFN2O3S. The van der Waals surface area contributed by atoms with Crippen molar-refractivity contribution in [3.8, 4) is 5.75 Å². The Morgan fingerprint density at radius 3 is 2.73 bits per heavy atom. The molecule has 0 saturated heterocycles. The highest BCUT2D eigenvalue weighted by atomic mass is 35.5. The van der Waals surface area contributed by atoms with Crippen LogP contribution in [0.3, 0.4) is 0 Å². The first-order chi connectivity index (χ1) is 10.5. The topological polar surface area (TPSA) is 81.6 Å². The first-order valence-corrected chi connectivity index (χ1v) is 7.57. The molecule has 0 aliphatic carbocycles. The van der Waals surface area contributed by atoms with E-state index in [1.54, 1.807) is 12.1 Å². The maximum atomic E-state index is 13.1. The molecule has 118 valence electrons. The third kappa shape index (κ3) is 4.59. The molecule has 0 radical (unpaired) electrons. The van der Waals surface area contributed by atoms with Gasteiger partial charge in [0.05, 0.1) is 10.9 Å². The number of hydrogen-bond acceptors (Lipinski definition) is 4. The summed E-state index contributed by atoms with van der Waals surface area (Å²) in [6, 6.07) is 6.73. The molecule has 2 amide bonds. The zero-order valence-electron chi connectivity index (χ0n) is 11.3. The number of nitrogens with one attached hydrogen (secondary N) is 2. The van der Waals surface area contributed by atoms with Crippen molar-refractivity contribution in [1.82, 2.24) is 10.6 Å². The SMILES string of the molecule is O=C(NCc1ccc(O)c(F)c1)NCC(O)c1ccc(Cl)s1. The van der Waals surface area contributed by atoms with E-state index < -0.39 is 23.7 Å². The monoisotopic (exact) mass is 344 g/mol. The van der Waals surface area contributed by atoms with Gasteiger partial charge in [0.25, 0.3) is 0 Å². The average molecular weight is 345 g/mol. The molecule has 5 nitrogen and oxygen atoms in total. The van der Waals surface area contributed by atoms with Crippen molar-refractivity contribution in [3.05, 3.63) is 50.9 Å². The van der Waals surface area contributed by atoms with Gasteiger partial charge in [-0.2, -0.15) is 0 Å². The van der Waals surface area contributed by atoms with Crippen molar-refractivity contribution in [2.24, 2.45) is 0 Å². The van der Waals surface area contributed by atoms with E-state index in [9.17, 15) is 14.3 Å². The number of urea groups is 1. The first kappa shape index (κ1) is 16.5. The Bertz CT molecular complexity index is 665. The summed E-state index contributed by atoms with van der Waals surface area (Å²) in [5.74, 6) is -1.18. The van der Waals surface area contributed by atoms with Crippen LogP contribution < -0.4 is 10.6 Å². The number of phenols is 1. The largest absolute Gasteiger partial charge is 0.505 e. The lowest BCUT2D eigenvalue weighted by atomic mass is 10.2. The number of aromatic hydroxyl groups is 1. The van der Waals surface area contributed by atoms with Gasteiger partial charge in [-0.05, 0) is 29.8 Å². The first-order valence-electron chi connectivity index (χ1n) is 6.38. The van der Waals surface area contributed by atoms with Gasteiger partial charge in [0.1, 0.15) is 6.10 Å². The van der Waals surface area contributed by atoms with E-state index in [-0.39, 0.29) is 13.1 Å². The van der Waals surface area contributed by atoms with Gasteiger partial charge < -0.3 is 20.8 Å². The van der Waals surface area contributed by atoms with E-state index >= 15 is 0 Å². The maximum Gasteiger partial charge on any atom is 0.315 e. The molecule has 1 heterocycles. The molecule has 0 bridgehead atoms. The van der Waals surface area contributed by atoms with E-state index in [1.165, 1.54) is 23.5 Å². The van der Waals surface area contributed by atoms with Crippen molar-refractivity contribution in [3.63, 3.8) is 0 Å². The van der Waals surface area contributed by atoms with Crippen LogP contribution in [0.5, 0.6) is 5.75 Å². The Hall–Kier alpha value is -1.83. The Labute approximate surface area is 135 Å². The minimum absolute atomic E-state index is 0.0343. The minimum Gasteiger partial charge on any atom is -0.505 e. The Morgan fingerprint density at radius 1 is 1.32 bits per heavy atom. The van der Waals surface area contributed by atoms with Crippen molar-refractivity contribution in [2.45, 2.75) is 12.6 Å². The predicted octanol–water partition coefficient (Wildman–Crippen LogP) is 2.78. The fraction of sp³-hybridized carbons (Fsp3) is 0.214. The lowest BCUT2D eigenvalue weighted by molar-refractivity contribution is 0.176. The Morgan fingerprint density at radius 2 is 2.09 bits per heavy atom. The van der Waals surface area contributed by atoms with Crippen LogP contribution in [0.1, 0.15) is 16.5 Å². The van der Waals surface area contributed by atoms with Crippen LogP contribution in [0.15, 0.2) is 30.3 Å². The number of carbonyl (C=O) groups excluding carboxylic acids is 1. The van der Waals surface area contributed by atoms with Gasteiger partial charge in [-0.1, -0.05) is 17.7 Å². The highest BCUT2D eigenvalue weighted by molar-refractivity contribution is 7.16. The van der Waals surface area contributed by atoms with Crippen LogP contribution in [-0.2, 0) is 6.54 Å². The van der Waals surface area contributed by atoms with Gasteiger partial charge in [0, 0.05) is 11.4 Å². The summed E-state index contributed by atoms with van der Waals surface area (Å²) in [4.78, 5) is 12.3. The van der Waals surface area contributed by atoms with E-state index in [0.717, 1.165) is 6.07 Å². The summed E-state index contributed by atoms with van der Waals surface area (Å²) in [5, 5.41) is 24.0. The molecule has 4 N–H and O–H groups in total. The lowest BCUT2D eigenvalue weighted by Crippen LogP contribution is -2.37. The number of aliphatic hydroxyl groups excluding tert-OH is 1. The van der Waals surface area contributed by atoms with Crippen LogP contribution in [0.2, 0.25) is 4.34 Å². The summed E-state index contributed by atoms with van der Waals surface area (Å²) in [6.45, 7) is 0.135. The summed E-state index contributed by atoms with van der Waals surface area (Å²) < 4.78 is 13.7. The number of halogens is 2. The number of thiophene rings is 1. The number of carbonyl (C=O) groups is 1. The van der Waals surface area contributed by atoms with Crippen molar-refractivity contribution < 1.29 is 19.4 Å². The molecular weight excluding hydrogens is 331 g/mol. The number of hydrogen-bond donors (Lipinski definition) is 4. The third-order valence-electron chi connectivity index (χ3n) is 2.84. The van der Waals surface area contributed by atoms with Gasteiger partial charge in [-0.15, -0.1) is 11.3 Å². The molecule has 8 heteroatoms. The summed E-state index contributed by atoms with van der Waals surface area (Å²) in [6.07, 6.45) is -0.839. The number of benzene rings is 1. The van der Waals surface area contributed by atoms with Crippen molar-refractivity contribution >= 4 is 29.0 Å². The molecule has 1 aromatic heterocycles. The molecule has 0 aliphatic heterocycles. The second-order valence-corrected chi connectivity index (χ2v) is 6.25. The highest BCUT2D eigenvalue weighted by Gasteiger charge is 2.11. The number of aliphatic hydroxyl groups is 1. The van der Waals surface area contributed by atoms with E-state index in [1.807, 2.05) is 0 Å². The summed E-state index contributed by atoms with van der Waals surface area (Å²) in [5.41, 5.74) is 0.510. The highest BCUT2D eigenvalue weighted by Crippen LogP contribution is 2.26. The van der Waals surface area contributed by atoms with Crippen molar-refractivity contribution in [1.29, 1.82) is 0 Å². The average Bonchev–Trinajstić information content (AvgIpc) is 2.92. The van der Waals surface area contributed by atoms with E-state index in [0.29, 0.717) is 14.8 Å². The van der Waals surface area contributed by atoms with Crippen molar-refractivity contribution in [2.75, 3.05) is 6.54 Å². The van der Waals surface area contributed by atoms with Crippen LogP contribution >= 0.6 is 22.9 Å². The van der Waals surface area contributed by atoms with Crippen LogP contribution in [0, 0.1) is 5.82 Å². The van der Waals surface area contributed by atoms with E-state index in [4.69, 9.17) is 16.7 Å². The molecule has 2 aromatic rings. The zero-order valence-corrected chi connectivity index (χ0v) is 12.9. The Kier molecular flexibility index (Phi) is 5.59. The molecule has 2 rings (SSSR count). The van der Waals surface area contributed by atoms with Gasteiger partial charge in [-0.25, -0.2) is 9.18 Å². The molecule has 0 saturated carbocycles. The van der Waals surface area contributed by atoms with Gasteiger partial charge in [0.15, 0.2) is 11.6 Å². The number of rotatable bonds is 5. The fourth-order valence-corrected chi connectivity index (χ4v) is 2.75. The number of phenolic OH excluding ortho intramolecular Hbond substituents is 1. The molecule has 22 heavy (non-hydrogen) atoms. The molecule has 0 aliphatic rings. The quantitative estimate of drug-likeness (QED) is 0.673. The molecule has 1 atom stereocenters.